The van der Waals surface area contributed by atoms with Gasteiger partial charge in [0.15, 0.2) is 0 Å². The van der Waals surface area contributed by atoms with Crippen molar-refractivity contribution in [1.29, 1.82) is 0 Å². The molecular weight excluding hydrogens is 340 g/mol. The summed E-state index contributed by atoms with van der Waals surface area (Å²) in [6.45, 7) is 7.60. The van der Waals surface area contributed by atoms with Gasteiger partial charge in [-0.2, -0.15) is 5.48 Å². The van der Waals surface area contributed by atoms with Crippen molar-refractivity contribution in [2.75, 3.05) is 6.54 Å². The van der Waals surface area contributed by atoms with Crippen molar-refractivity contribution in [3.8, 4) is 0 Å². The summed E-state index contributed by atoms with van der Waals surface area (Å²) < 4.78 is 0. The Bertz CT molecular complexity index is 528. The maximum absolute atomic E-state index is 13.0. The third-order valence-corrected chi connectivity index (χ3v) is 7.50. The first-order valence-corrected chi connectivity index (χ1v) is 11.2. The monoisotopic (exact) mass is 378 g/mol. The summed E-state index contributed by atoms with van der Waals surface area (Å²) in [5, 5.41) is 10.5. The second kappa shape index (κ2) is 8.36. The van der Waals surface area contributed by atoms with E-state index in [4.69, 9.17) is 4.84 Å². The molecule has 154 valence electrons. The number of carbonyl (C=O) groups excluding carboxylic acids is 1. The minimum absolute atomic E-state index is 0.113. The van der Waals surface area contributed by atoms with Crippen LogP contribution in [0.15, 0.2) is 0 Å². The first kappa shape index (κ1) is 19.6. The largest absolute Gasteiger partial charge is 0.353 e. The summed E-state index contributed by atoms with van der Waals surface area (Å²) in [6.07, 6.45) is 8.38. The standard InChI is InChI=1S/C21H38N4O2/c1-12(2)21-24-19(25-27-21)15-5-6-17-14(11-15)4-7-18(17)20(26)23-16-8-9-22-13(3)10-16/h12-19,21-22,24-25H,4-11H2,1-3H3,(H,23,26). The van der Waals surface area contributed by atoms with Gasteiger partial charge in [-0.3, -0.25) is 14.9 Å². The third kappa shape index (κ3) is 4.34. The summed E-state index contributed by atoms with van der Waals surface area (Å²) >= 11 is 0. The maximum Gasteiger partial charge on any atom is 0.223 e. The Morgan fingerprint density at radius 2 is 1.89 bits per heavy atom. The summed E-state index contributed by atoms with van der Waals surface area (Å²) in [5.74, 6) is 2.95. The molecule has 4 fully saturated rings. The van der Waals surface area contributed by atoms with Crippen LogP contribution in [0.2, 0.25) is 0 Å². The zero-order chi connectivity index (χ0) is 19.0. The van der Waals surface area contributed by atoms with E-state index in [0.29, 0.717) is 41.7 Å². The summed E-state index contributed by atoms with van der Waals surface area (Å²) in [6, 6.07) is 0.875. The van der Waals surface area contributed by atoms with E-state index in [1.807, 2.05) is 0 Å². The fraction of sp³-hybridized carbons (Fsp3) is 0.952. The van der Waals surface area contributed by atoms with Crippen molar-refractivity contribution in [3.63, 3.8) is 0 Å². The van der Waals surface area contributed by atoms with E-state index in [2.05, 4.69) is 42.2 Å². The van der Waals surface area contributed by atoms with Crippen LogP contribution in [0.3, 0.4) is 0 Å². The van der Waals surface area contributed by atoms with Crippen molar-refractivity contribution in [3.05, 3.63) is 0 Å². The van der Waals surface area contributed by atoms with Gasteiger partial charge < -0.3 is 10.6 Å². The smallest absolute Gasteiger partial charge is 0.223 e. The van der Waals surface area contributed by atoms with Gasteiger partial charge in [0.25, 0.3) is 0 Å². The predicted molar refractivity (Wildman–Crippen MR) is 105 cm³/mol. The molecular formula is C21H38N4O2. The number of hydroxylamine groups is 1. The highest BCUT2D eigenvalue weighted by molar-refractivity contribution is 5.79. The highest BCUT2D eigenvalue weighted by Crippen LogP contribution is 2.48. The predicted octanol–water partition coefficient (Wildman–Crippen LogP) is 2.12. The van der Waals surface area contributed by atoms with E-state index in [1.165, 1.54) is 25.7 Å². The van der Waals surface area contributed by atoms with Crippen LogP contribution in [0, 0.1) is 29.6 Å². The van der Waals surface area contributed by atoms with Crippen LogP contribution in [0.5, 0.6) is 0 Å². The van der Waals surface area contributed by atoms with Crippen molar-refractivity contribution in [1.82, 2.24) is 21.4 Å². The molecule has 2 heterocycles. The minimum Gasteiger partial charge on any atom is -0.353 e. The molecule has 0 radical (unpaired) electrons. The zero-order valence-corrected chi connectivity index (χ0v) is 17.2. The number of carbonyl (C=O) groups is 1. The number of amides is 1. The molecule has 4 aliphatic rings. The lowest BCUT2D eigenvalue weighted by Gasteiger charge is -2.37. The zero-order valence-electron chi connectivity index (χ0n) is 17.2. The molecule has 0 aromatic heterocycles. The second-order valence-electron chi connectivity index (χ2n) is 9.81. The number of hydrogen-bond donors (Lipinski definition) is 4. The molecule has 4 N–H and O–H groups in total. The number of rotatable bonds is 4. The van der Waals surface area contributed by atoms with Crippen LogP contribution in [0.1, 0.15) is 65.7 Å². The van der Waals surface area contributed by atoms with Crippen LogP contribution >= 0.6 is 0 Å². The molecule has 6 heteroatoms. The van der Waals surface area contributed by atoms with E-state index < -0.39 is 0 Å². The fourth-order valence-corrected chi connectivity index (χ4v) is 5.95. The Kier molecular flexibility index (Phi) is 6.07. The molecule has 0 aromatic carbocycles. The highest BCUT2D eigenvalue weighted by atomic mass is 16.7. The van der Waals surface area contributed by atoms with Crippen molar-refractivity contribution >= 4 is 5.91 Å². The van der Waals surface area contributed by atoms with E-state index in [1.54, 1.807) is 0 Å². The molecule has 8 atom stereocenters. The molecule has 2 aliphatic carbocycles. The second-order valence-corrected chi connectivity index (χ2v) is 9.81. The Balaban J connectivity index is 1.28. The first-order valence-electron chi connectivity index (χ1n) is 11.2. The van der Waals surface area contributed by atoms with Crippen molar-refractivity contribution < 1.29 is 9.63 Å². The van der Waals surface area contributed by atoms with Gasteiger partial charge in [0.1, 0.15) is 6.23 Å². The van der Waals surface area contributed by atoms with Crippen LogP contribution in [-0.4, -0.2) is 36.9 Å². The Morgan fingerprint density at radius 1 is 1.07 bits per heavy atom. The minimum atomic E-state index is 0.113. The van der Waals surface area contributed by atoms with Crippen molar-refractivity contribution in [2.45, 2.75) is 90.2 Å². The molecule has 0 aromatic rings. The molecule has 0 bridgehead atoms. The topological polar surface area (TPSA) is 74.4 Å². The average molecular weight is 379 g/mol. The van der Waals surface area contributed by atoms with Gasteiger partial charge in [-0.15, -0.1) is 0 Å². The van der Waals surface area contributed by atoms with Crippen molar-refractivity contribution in [2.24, 2.45) is 29.6 Å². The molecule has 27 heavy (non-hydrogen) atoms. The van der Waals surface area contributed by atoms with E-state index in [0.717, 1.165) is 25.8 Å². The maximum atomic E-state index is 13.0. The lowest BCUT2D eigenvalue weighted by atomic mass is 9.72. The highest BCUT2D eigenvalue weighted by Gasteiger charge is 2.46. The molecule has 2 aliphatic heterocycles. The van der Waals surface area contributed by atoms with Crippen LogP contribution in [-0.2, 0) is 9.63 Å². The summed E-state index contributed by atoms with van der Waals surface area (Å²) in [7, 11) is 0. The fourth-order valence-electron chi connectivity index (χ4n) is 5.95. The first-order chi connectivity index (χ1) is 13.0. The van der Waals surface area contributed by atoms with Crippen LogP contribution in [0.4, 0.5) is 0 Å². The quantitative estimate of drug-likeness (QED) is 0.603. The molecule has 8 unspecified atom stereocenters. The molecule has 1 amide bonds. The van der Waals surface area contributed by atoms with Gasteiger partial charge in [0.2, 0.25) is 5.91 Å². The number of hydrogen-bond acceptors (Lipinski definition) is 5. The Morgan fingerprint density at radius 3 is 2.63 bits per heavy atom. The third-order valence-electron chi connectivity index (χ3n) is 7.50. The normalized spacial score (nSPS) is 45.0. The molecule has 2 saturated carbocycles. The molecule has 2 saturated heterocycles. The molecule has 0 spiro atoms. The van der Waals surface area contributed by atoms with Gasteiger partial charge in [-0.25, -0.2) is 0 Å². The number of nitrogens with one attached hydrogen (secondary N) is 4. The molecule has 6 nitrogen and oxygen atoms in total. The van der Waals surface area contributed by atoms with E-state index >= 15 is 0 Å². The lowest BCUT2D eigenvalue weighted by Crippen LogP contribution is -2.49. The summed E-state index contributed by atoms with van der Waals surface area (Å²) in [5.41, 5.74) is 3.23. The van der Waals surface area contributed by atoms with E-state index in [-0.39, 0.29) is 18.3 Å². The lowest BCUT2D eigenvalue weighted by molar-refractivity contribution is -0.127. The van der Waals surface area contributed by atoms with Gasteiger partial charge >= 0.3 is 0 Å². The van der Waals surface area contributed by atoms with Gasteiger partial charge in [-0.05, 0) is 82.1 Å². The Hall–Kier alpha value is -0.690. The summed E-state index contributed by atoms with van der Waals surface area (Å²) in [4.78, 5) is 18.7. The van der Waals surface area contributed by atoms with Gasteiger partial charge in [0, 0.05) is 18.0 Å². The number of piperidine rings is 1. The SMILES string of the molecule is CC1CC(NC(=O)C2CCC3CC(C4NOC(C(C)C)N4)CCC32)CCN1. The van der Waals surface area contributed by atoms with Crippen LogP contribution < -0.4 is 21.4 Å². The molecule has 4 rings (SSSR count). The van der Waals surface area contributed by atoms with Gasteiger partial charge in [0.05, 0.1) is 6.17 Å². The average Bonchev–Trinajstić information content (AvgIpc) is 3.28. The Labute approximate surface area is 163 Å². The number of fused-ring (bicyclic) bond motifs is 1. The van der Waals surface area contributed by atoms with Gasteiger partial charge in [-0.1, -0.05) is 13.8 Å². The van der Waals surface area contributed by atoms with Crippen LogP contribution in [0.25, 0.3) is 0 Å². The van der Waals surface area contributed by atoms with E-state index in [9.17, 15) is 4.79 Å².